The largest absolute Gasteiger partial charge is 0.289 e. The molecule has 0 amide bonds. The number of hydrogen-bond donors (Lipinski definition) is 0. The van der Waals surface area contributed by atoms with Crippen LogP contribution in [-0.4, -0.2) is 43.6 Å². The van der Waals surface area contributed by atoms with Gasteiger partial charge in [0, 0.05) is 35.3 Å². The summed E-state index contributed by atoms with van der Waals surface area (Å²) in [6, 6.07) is 12.1. The van der Waals surface area contributed by atoms with E-state index >= 15 is 0 Å². The smallest absolute Gasteiger partial charge is 0.211 e. The predicted molar refractivity (Wildman–Crippen MR) is 98.8 cm³/mol. The van der Waals surface area contributed by atoms with Crippen molar-refractivity contribution in [1.29, 1.82) is 0 Å². The van der Waals surface area contributed by atoms with Crippen LogP contribution in [0.2, 0.25) is 0 Å². The van der Waals surface area contributed by atoms with E-state index in [0.717, 1.165) is 11.1 Å². The molecule has 0 bridgehead atoms. The van der Waals surface area contributed by atoms with Crippen molar-refractivity contribution < 1.29 is 18.0 Å². The lowest BCUT2D eigenvalue weighted by atomic mass is 9.80. The number of carbonyl (C=O) groups excluding carboxylic acids is 2. The highest BCUT2D eigenvalue weighted by atomic mass is 32.2. The van der Waals surface area contributed by atoms with Crippen LogP contribution in [0, 0.1) is 0 Å². The third kappa shape index (κ3) is 2.62. The molecule has 2 aliphatic rings. The topological polar surface area (TPSA) is 71.5 Å². The van der Waals surface area contributed by atoms with Crippen LogP contribution in [0.4, 0.5) is 0 Å². The van der Waals surface area contributed by atoms with Gasteiger partial charge in [-0.15, -0.1) is 0 Å². The van der Waals surface area contributed by atoms with E-state index in [1.165, 1.54) is 10.6 Å². The van der Waals surface area contributed by atoms with E-state index in [1.807, 2.05) is 12.1 Å². The molecule has 0 saturated carbocycles. The standard InChI is InChI=1S/C20H17NO4S/c1-26(24,25)21-11-9-13(10-12-21)14-7-4-8-17-18(14)20(23)16-6-3-2-5-15(16)19(17)22/h2-9H,10-12H2,1H3. The summed E-state index contributed by atoms with van der Waals surface area (Å²) in [6.45, 7) is 0.642. The first-order valence-electron chi connectivity index (χ1n) is 8.34. The van der Waals surface area contributed by atoms with Crippen LogP contribution in [0.1, 0.15) is 43.8 Å². The SMILES string of the molecule is CS(=O)(=O)N1CC=C(c2cccc3c2C(=O)c2ccccc2C3=O)CC1. The van der Waals surface area contributed by atoms with Crippen molar-refractivity contribution in [2.75, 3.05) is 19.3 Å². The molecule has 0 N–H and O–H groups in total. The zero-order valence-corrected chi connectivity index (χ0v) is 15.0. The second-order valence-electron chi connectivity index (χ2n) is 6.53. The molecule has 0 radical (unpaired) electrons. The lowest BCUT2D eigenvalue weighted by Gasteiger charge is -2.26. The van der Waals surface area contributed by atoms with Gasteiger partial charge in [-0.1, -0.05) is 48.5 Å². The zero-order chi connectivity index (χ0) is 18.5. The van der Waals surface area contributed by atoms with Gasteiger partial charge in [0.1, 0.15) is 0 Å². The van der Waals surface area contributed by atoms with Crippen molar-refractivity contribution in [3.63, 3.8) is 0 Å². The number of nitrogens with zero attached hydrogens (tertiary/aromatic N) is 1. The summed E-state index contributed by atoms with van der Waals surface area (Å²) in [5.74, 6) is -0.302. The molecular weight excluding hydrogens is 350 g/mol. The summed E-state index contributed by atoms with van der Waals surface area (Å²) in [6.07, 6.45) is 3.53. The summed E-state index contributed by atoms with van der Waals surface area (Å²) in [5, 5.41) is 0. The van der Waals surface area contributed by atoms with Crippen molar-refractivity contribution in [1.82, 2.24) is 4.31 Å². The number of sulfonamides is 1. The summed E-state index contributed by atoms with van der Waals surface area (Å²) in [4.78, 5) is 25.9. The average molecular weight is 367 g/mol. The lowest BCUT2D eigenvalue weighted by molar-refractivity contribution is 0.0979. The van der Waals surface area contributed by atoms with E-state index in [-0.39, 0.29) is 18.1 Å². The van der Waals surface area contributed by atoms with Gasteiger partial charge in [0.25, 0.3) is 0 Å². The average Bonchev–Trinajstić information content (AvgIpc) is 2.65. The second kappa shape index (κ2) is 6.00. The molecule has 26 heavy (non-hydrogen) atoms. The van der Waals surface area contributed by atoms with Crippen LogP contribution >= 0.6 is 0 Å². The van der Waals surface area contributed by atoms with Gasteiger partial charge in [0.05, 0.1) is 6.26 Å². The lowest BCUT2D eigenvalue weighted by Crippen LogP contribution is -2.34. The molecule has 4 rings (SSSR count). The highest BCUT2D eigenvalue weighted by Crippen LogP contribution is 2.34. The number of carbonyl (C=O) groups is 2. The molecule has 1 aliphatic carbocycles. The summed E-state index contributed by atoms with van der Waals surface area (Å²) >= 11 is 0. The molecule has 1 aliphatic heterocycles. The number of ketones is 2. The van der Waals surface area contributed by atoms with Crippen molar-refractivity contribution in [3.05, 3.63) is 76.4 Å². The van der Waals surface area contributed by atoms with Crippen molar-refractivity contribution in [3.8, 4) is 0 Å². The molecule has 0 fully saturated rings. The Labute approximate surface area is 152 Å². The molecule has 6 heteroatoms. The number of benzene rings is 2. The molecule has 5 nitrogen and oxygen atoms in total. The molecule has 0 spiro atoms. The van der Waals surface area contributed by atoms with Crippen LogP contribution in [-0.2, 0) is 10.0 Å². The van der Waals surface area contributed by atoms with Crippen LogP contribution in [0.3, 0.4) is 0 Å². The monoisotopic (exact) mass is 367 g/mol. The van der Waals surface area contributed by atoms with Crippen LogP contribution in [0.25, 0.3) is 5.57 Å². The predicted octanol–water partition coefficient (Wildman–Crippen LogP) is 2.51. The molecule has 2 aromatic rings. The van der Waals surface area contributed by atoms with E-state index < -0.39 is 10.0 Å². The highest BCUT2D eigenvalue weighted by Gasteiger charge is 2.32. The first kappa shape index (κ1) is 16.9. The van der Waals surface area contributed by atoms with Gasteiger partial charge >= 0.3 is 0 Å². The van der Waals surface area contributed by atoms with E-state index in [1.54, 1.807) is 36.4 Å². The maximum Gasteiger partial charge on any atom is 0.211 e. The molecule has 0 atom stereocenters. The number of fused-ring (bicyclic) bond motifs is 2. The van der Waals surface area contributed by atoms with Crippen molar-refractivity contribution in [2.45, 2.75) is 6.42 Å². The van der Waals surface area contributed by atoms with Gasteiger partial charge < -0.3 is 0 Å². The fourth-order valence-corrected chi connectivity index (χ4v) is 4.38. The highest BCUT2D eigenvalue weighted by molar-refractivity contribution is 7.88. The quantitative estimate of drug-likeness (QED) is 0.698. The van der Waals surface area contributed by atoms with Crippen molar-refractivity contribution in [2.24, 2.45) is 0 Å². The Bertz CT molecular complexity index is 1080. The van der Waals surface area contributed by atoms with Gasteiger partial charge in [-0.05, 0) is 17.6 Å². The fraction of sp³-hybridized carbons (Fsp3) is 0.200. The minimum Gasteiger partial charge on any atom is -0.289 e. The van der Waals surface area contributed by atoms with Gasteiger partial charge in [-0.25, -0.2) is 8.42 Å². The Morgan fingerprint density at radius 3 is 2.08 bits per heavy atom. The van der Waals surface area contributed by atoms with Crippen molar-refractivity contribution >= 4 is 27.2 Å². The van der Waals surface area contributed by atoms with Crippen LogP contribution in [0.15, 0.2) is 48.5 Å². The van der Waals surface area contributed by atoms with Crippen LogP contribution < -0.4 is 0 Å². The number of rotatable bonds is 2. The Kier molecular flexibility index (Phi) is 3.89. The number of hydrogen-bond acceptors (Lipinski definition) is 4. The molecule has 0 saturated heterocycles. The van der Waals surface area contributed by atoms with Gasteiger partial charge in [-0.2, -0.15) is 4.31 Å². The third-order valence-electron chi connectivity index (χ3n) is 4.94. The minimum atomic E-state index is -3.24. The van der Waals surface area contributed by atoms with E-state index in [0.29, 0.717) is 35.2 Å². The Balaban J connectivity index is 1.81. The van der Waals surface area contributed by atoms with Crippen LogP contribution in [0.5, 0.6) is 0 Å². The first-order valence-corrected chi connectivity index (χ1v) is 10.2. The van der Waals surface area contributed by atoms with Gasteiger partial charge in [0.15, 0.2) is 11.6 Å². The fourth-order valence-electron chi connectivity index (χ4n) is 3.61. The summed E-state index contributed by atoms with van der Waals surface area (Å²) in [5.41, 5.74) is 3.33. The normalized spacial score (nSPS) is 17.5. The van der Waals surface area contributed by atoms with E-state index in [9.17, 15) is 18.0 Å². The summed E-state index contributed by atoms with van der Waals surface area (Å²) in [7, 11) is -3.24. The molecule has 2 aromatic carbocycles. The van der Waals surface area contributed by atoms with E-state index in [4.69, 9.17) is 0 Å². The third-order valence-corrected chi connectivity index (χ3v) is 6.21. The van der Waals surface area contributed by atoms with E-state index in [2.05, 4.69) is 0 Å². The molecule has 0 unspecified atom stereocenters. The Morgan fingerprint density at radius 1 is 0.846 bits per heavy atom. The minimum absolute atomic E-state index is 0.147. The Hall–Kier alpha value is -2.57. The van der Waals surface area contributed by atoms with Gasteiger partial charge in [0.2, 0.25) is 10.0 Å². The summed E-state index contributed by atoms with van der Waals surface area (Å²) < 4.78 is 24.8. The molecule has 132 valence electrons. The second-order valence-corrected chi connectivity index (χ2v) is 8.51. The maximum absolute atomic E-state index is 13.1. The molecule has 0 aromatic heterocycles. The maximum atomic E-state index is 13.1. The van der Waals surface area contributed by atoms with Gasteiger partial charge in [-0.3, -0.25) is 9.59 Å². The first-order chi connectivity index (χ1) is 12.4. The zero-order valence-electron chi connectivity index (χ0n) is 14.2. The molecular formula is C20H17NO4S. The molecule has 1 heterocycles. The Morgan fingerprint density at radius 2 is 1.46 bits per heavy atom.